The van der Waals surface area contributed by atoms with Crippen molar-refractivity contribution in [2.75, 3.05) is 41.4 Å². The normalized spacial score (nSPS) is 19.0. The van der Waals surface area contributed by atoms with Crippen LogP contribution in [0.5, 0.6) is 0 Å². The highest BCUT2D eigenvalue weighted by atomic mass is 28.4. The van der Waals surface area contributed by atoms with Crippen molar-refractivity contribution in [2.24, 2.45) is 23.7 Å². The number of carbonyl (C=O) groups excluding carboxylic acids is 5. The van der Waals surface area contributed by atoms with Crippen LogP contribution in [-0.4, -0.2) is 146 Å². The second kappa shape index (κ2) is 24.2. The number of hydrogen-bond acceptors (Lipinski definition) is 9. The first-order valence-corrected chi connectivity index (χ1v) is 24.9. The molecule has 16 heteroatoms. The van der Waals surface area contributed by atoms with Gasteiger partial charge in [-0.2, -0.15) is 0 Å². The number of ether oxygens (including phenoxy) is 2. The molecule has 0 radical (unpaired) electrons. The van der Waals surface area contributed by atoms with Crippen LogP contribution in [0, 0.1) is 23.7 Å². The van der Waals surface area contributed by atoms with Crippen molar-refractivity contribution in [3.63, 3.8) is 0 Å². The van der Waals surface area contributed by atoms with Crippen molar-refractivity contribution < 1.29 is 43.3 Å². The number of likely N-dealkylation sites (N-methyl/N-ethyl adjacent to an activating group) is 2. The van der Waals surface area contributed by atoms with E-state index in [4.69, 9.17) is 9.47 Å². The molecule has 15 nitrogen and oxygen atoms in total. The Balaban J connectivity index is 2.26. The molecule has 0 unspecified atom stereocenters. The van der Waals surface area contributed by atoms with E-state index in [1.54, 1.807) is 63.0 Å². The molecule has 1 heterocycles. The smallest absolute Gasteiger partial charge is 0.317 e. The molecule has 1 aliphatic rings. The van der Waals surface area contributed by atoms with Crippen LogP contribution in [0.4, 0.5) is 4.79 Å². The summed E-state index contributed by atoms with van der Waals surface area (Å²) in [6, 6.07) is 5.87. The van der Waals surface area contributed by atoms with Crippen LogP contribution in [0.3, 0.4) is 0 Å². The Kier molecular flexibility index (Phi) is 21.2. The Morgan fingerprint density at radius 3 is 2.03 bits per heavy atom. The standard InChI is InChI=1S/C44H78N6O9Si/c1-15-29(6)38(48(9)43(55)36(27(2)3)47-42(54)37(28(4)5)49(10)44(56)45-23-25-60(13,14)57)34(58-11)26-35(51)50-24-19-22-33(50)40(59-12)30(7)41(53)46-31(8)39(52)32-20-17-16-18-21-32/h16-18,20-21,27-31,33-34,36-40,52,57H,15,19,22-26H2,1-14H3,(H,45,56)(H,46,53)(H,47,54)/t29-,30+,31+,33-,34+,36-,37-,38-,39+,40-/m0/s1. The predicted molar refractivity (Wildman–Crippen MR) is 236 cm³/mol. The quantitative estimate of drug-likeness (QED) is 0.101. The number of benzene rings is 1. The van der Waals surface area contributed by atoms with Gasteiger partial charge in [0, 0.05) is 41.4 Å². The molecule has 1 saturated heterocycles. The average Bonchev–Trinajstić information content (AvgIpc) is 3.68. The van der Waals surface area contributed by atoms with Crippen LogP contribution in [-0.2, 0) is 28.7 Å². The minimum Gasteiger partial charge on any atom is -0.432 e. The third kappa shape index (κ3) is 14.5. The van der Waals surface area contributed by atoms with Gasteiger partial charge in [-0.1, -0.05) is 85.2 Å². The van der Waals surface area contributed by atoms with Crippen molar-refractivity contribution in [1.29, 1.82) is 0 Å². The SMILES string of the molecule is CC[C@H](C)[C@@H]([C@@H](CC(=O)N1CCC[C@H]1[C@@H](OC)[C@@H](C)C(=O)N[C@H](C)[C@@H](O)c1ccccc1)OC)N(C)C(=O)[C@@H](NC(=O)[C@H](C(C)C)N(C)C(=O)NCC[Si](C)(C)O)C(C)C. The van der Waals surface area contributed by atoms with Gasteiger partial charge in [-0.15, -0.1) is 0 Å². The summed E-state index contributed by atoms with van der Waals surface area (Å²) >= 11 is 0. The summed E-state index contributed by atoms with van der Waals surface area (Å²) < 4.78 is 12.0. The predicted octanol–water partition coefficient (Wildman–Crippen LogP) is 4.15. The number of aliphatic hydroxyl groups is 1. The monoisotopic (exact) mass is 863 g/mol. The largest absolute Gasteiger partial charge is 0.432 e. The van der Waals surface area contributed by atoms with E-state index < -0.39 is 68.7 Å². The van der Waals surface area contributed by atoms with Crippen molar-refractivity contribution in [2.45, 2.75) is 149 Å². The maximum Gasteiger partial charge on any atom is 0.317 e. The fourth-order valence-corrected chi connectivity index (χ4v) is 9.04. The summed E-state index contributed by atoms with van der Waals surface area (Å²) in [5.74, 6) is -2.59. The second-order valence-electron chi connectivity index (χ2n) is 18.1. The summed E-state index contributed by atoms with van der Waals surface area (Å²) in [6.07, 6.45) is -0.185. The molecule has 0 aliphatic carbocycles. The van der Waals surface area contributed by atoms with Gasteiger partial charge in [0.2, 0.25) is 23.6 Å². The fourth-order valence-electron chi connectivity index (χ4n) is 8.30. The zero-order chi connectivity index (χ0) is 45.6. The van der Waals surface area contributed by atoms with Gasteiger partial charge in [0.15, 0.2) is 8.32 Å². The van der Waals surface area contributed by atoms with E-state index in [9.17, 15) is 33.9 Å². The summed E-state index contributed by atoms with van der Waals surface area (Å²) in [5.41, 5.74) is 0.694. The molecule has 2 rings (SSSR count). The highest BCUT2D eigenvalue weighted by molar-refractivity contribution is 6.69. The van der Waals surface area contributed by atoms with Gasteiger partial charge in [-0.3, -0.25) is 19.2 Å². The number of hydrogen-bond donors (Lipinski definition) is 5. The molecule has 5 N–H and O–H groups in total. The van der Waals surface area contributed by atoms with E-state index in [0.29, 0.717) is 31.0 Å². The van der Waals surface area contributed by atoms with Crippen molar-refractivity contribution in [1.82, 2.24) is 30.7 Å². The highest BCUT2D eigenvalue weighted by Gasteiger charge is 2.43. The van der Waals surface area contributed by atoms with Crippen LogP contribution < -0.4 is 16.0 Å². The molecule has 1 aliphatic heterocycles. The molecule has 6 amide bonds. The Bertz CT molecular complexity index is 1530. The van der Waals surface area contributed by atoms with Crippen LogP contribution in [0.15, 0.2) is 30.3 Å². The van der Waals surface area contributed by atoms with E-state index in [1.165, 1.54) is 19.1 Å². The molecule has 60 heavy (non-hydrogen) atoms. The van der Waals surface area contributed by atoms with Crippen LogP contribution >= 0.6 is 0 Å². The molecular formula is C44H78N6O9Si. The Morgan fingerprint density at radius 1 is 0.900 bits per heavy atom. The summed E-state index contributed by atoms with van der Waals surface area (Å²) in [6.45, 7) is 19.2. The zero-order valence-corrected chi connectivity index (χ0v) is 39.9. The lowest BCUT2D eigenvalue weighted by Crippen LogP contribution is -2.61. The van der Waals surface area contributed by atoms with E-state index >= 15 is 0 Å². The Morgan fingerprint density at radius 2 is 1.52 bits per heavy atom. The maximum absolute atomic E-state index is 14.5. The van der Waals surface area contributed by atoms with Crippen LogP contribution in [0.1, 0.15) is 92.7 Å². The van der Waals surface area contributed by atoms with E-state index in [-0.39, 0.29) is 54.5 Å². The van der Waals surface area contributed by atoms with Gasteiger partial charge in [-0.25, -0.2) is 4.79 Å². The molecule has 342 valence electrons. The van der Waals surface area contributed by atoms with Gasteiger partial charge in [0.25, 0.3) is 0 Å². The molecule has 0 bridgehead atoms. The molecule has 10 atom stereocenters. The number of aliphatic hydroxyl groups excluding tert-OH is 1. The number of urea groups is 1. The molecule has 1 fully saturated rings. The Hall–Kier alpha value is -3.57. The van der Waals surface area contributed by atoms with E-state index in [2.05, 4.69) is 16.0 Å². The van der Waals surface area contributed by atoms with Gasteiger partial charge >= 0.3 is 6.03 Å². The van der Waals surface area contributed by atoms with Crippen LogP contribution in [0.2, 0.25) is 19.1 Å². The maximum atomic E-state index is 14.5. The first-order valence-electron chi connectivity index (χ1n) is 21.7. The summed E-state index contributed by atoms with van der Waals surface area (Å²) in [5, 5.41) is 19.6. The number of rotatable bonds is 23. The van der Waals surface area contributed by atoms with Gasteiger partial charge in [-0.05, 0) is 62.2 Å². The van der Waals surface area contributed by atoms with Gasteiger partial charge in [0.05, 0.1) is 48.8 Å². The zero-order valence-electron chi connectivity index (χ0n) is 38.9. The topological polar surface area (TPSA) is 190 Å². The van der Waals surface area contributed by atoms with E-state index in [0.717, 1.165) is 6.42 Å². The lowest BCUT2D eigenvalue weighted by molar-refractivity contribution is -0.148. The summed E-state index contributed by atoms with van der Waals surface area (Å²) in [7, 11) is 3.92. The van der Waals surface area contributed by atoms with Crippen molar-refractivity contribution in [3.8, 4) is 0 Å². The molecular weight excluding hydrogens is 785 g/mol. The Labute approximate surface area is 360 Å². The fraction of sp³-hybridized carbons (Fsp3) is 0.750. The molecule has 0 aromatic heterocycles. The third-order valence-corrected chi connectivity index (χ3v) is 13.6. The molecule has 1 aromatic rings. The molecule has 1 aromatic carbocycles. The molecule has 0 saturated carbocycles. The number of nitrogens with zero attached hydrogens (tertiary/aromatic N) is 3. The minimum atomic E-state index is -2.38. The van der Waals surface area contributed by atoms with Crippen LogP contribution in [0.25, 0.3) is 0 Å². The lowest BCUT2D eigenvalue weighted by atomic mass is 9.89. The number of likely N-dealkylation sites (tertiary alicyclic amines) is 1. The first-order chi connectivity index (χ1) is 28.0. The van der Waals surface area contributed by atoms with Gasteiger partial charge in [0.1, 0.15) is 12.1 Å². The number of methoxy groups -OCH3 is 2. The highest BCUT2D eigenvalue weighted by Crippen LogP contribution is 2.30. The number of amides is 6. The summed E-state index contributed by atoms with van der Waals surface area (Å²) in [4.78, 5) is 84.2. The van der Waals surface area contributed by atoms with E-state index in [1.807, 2.05) is 59.7 Å². The van der Waals surface area contributed by atoms with Gasteiger partial charge < -0.3 is 50.0 Å². The second-order valence-corrected chi connectivity index (χ2v) is 22.2. The van der Waals surface area contributed by atoms with Crippen molar-refractivity contribution >= 4 is 38.0 Å². The molecule has 0 spiro atoms. The minimum absolute atomic E-state index is 0.0269. The lowest BCUT2D eigenvalue weighted by Gasteiger charge is -2.41. The van der Waals surface area contributed by atoms with Crippen molar-refractivity contribution in [3.05, 3.63) is 35.9 Å². The average molecular weight is 863 g/mol. The first kappa shape index (κ1) is 52.6. The number of nitrogens with one attached hydrogen (secondary N) is 3. The number of carbonyl (C=O) groups is 5. The third-order valence-electron chi connectivity index (χ3n) is 12.1.